The summed E-state index contributed by atoms with van der Waals surface area (Å²) in [6.07, 6.45) is 2.99. The van der Waals surface area contributed by atoms with Crippen LogP contribution in [0, 0.1) is 0 Å². The van der Waals surface area contributed by atoms with E-state index in [4.69, 9.17) is 0 Å². The highest BCUT2D eigenvalue weighted by Gasteiger charge is 2.04. The van der Waals surface area contributed by atoms with Crippen LogP contribution in [-0.2, 0) is 9.53 Å². The van der Waals surface area contributed by atoms with Gasteiger partial charge in [0.2, 0.25) is 0 Å². The highest BCUT2D eigenvalue weighted by atomic mass is 16.5. The molecule has 3 rings (SSSR count). The molecule has 1 heterocycles. The molecular weight excluding hydrogens is 262 g/mol. The lowest BCUT2D eigenvalue weighted by molar-refractivity contribution is -0.135. The van der Waals surface area contributed by atoms with Gasteiger partial charge in [0.25, 0.3) is 0 Å². The zero-order chi connectivity index (χ0) is 15.2. The number of aromatic amines is 1. The molecule has 1 aromatic heterocycles. The van der Waals surface area contributed by atoms with E-state index in [2.05, 4.69) is 59.3 Å². The maximum atomic E-state index is 9.75. The fourth-order valence-electron chi connectivity index (χ4n) is 2.18. The number of H-pyrrole nitrogens is 1. The monoisotopic (exact) mass is 279 g/mol. The molecule has 0 unspecified atom stereocenters. The zero-order valence-corrected chi connectivity index (χ0v) is 11.9. The molecule has 106 valence electrons. The van der Waals surface area contributed by atoms with Crippen LogP contribution in [-0.4, -0.2) is 11.0 Å². The van der Waals surface area contributed by atoms with Crippen LogP contribution in [0.1, 0.15) is 12.5 Å². The fourth-order valence-corrected chi connectivity index (χ4v) is 2.18. The summed E-state index contributed by atoms with van der Waals surface area (Å²) in [6.45, 7) is 8.31. The number of carbonyl (C=O) groups excluding carboxylic acids is 1. The van der Waals surface area contributed by atoms with Crippen molar-refractivity contribution in [2.75, 3.05) is 0 Å². The first kappa shape index (κ1) is 14.6. The Morgan fingerprint density at radius 1 is 1.10 bits per heavy atom. The van der Waals surface area contributed by atoms with Crippen LogP contribution >= 0.6 is 0 Å². The number of nitrogens with one attached hydrogen (secondary N) is 1. The molecule has 0 bridgehead atoms. The number of para-hydroxylation sites is 2. The second kappa shape index (κ2) is 6.57. The summed E-state index contributed by atoms with van der Waals surface area (Å²) in [5.74, 6) is -0.329. The van der Waals surface area contributed by atoms with Gasteiger partial charge in [0, 0.05) is 23.2 Å². The Kier molecular flexibility index (Phi) is 4.57. The second-order valence-corrected chi connectivity index (χ2v) is 4.42. The average Bonchev–Trinajstić information content (AvgIpc) is 2.86. The van der Waals surface area contributed by atoms with Gasteiger partial charge in [0.1, 0.15) is 0 Å². The van der Waals surface area contributed by atoms with Crippen molar-refractivity contribution in [1.82, 2.24) is 4.98 Å². The van der Waals surface area contributed by atoms with Crippen molar-refractivity contribution >= 4 is 33.9 Å². The maximum absolute atomic E-state index is 9.75. The predicted molar refractivity (Wildman–Crippen MR) is 87.9 cm³/mol. The van der Waals surface area contributed by atoms with Gasteiger partial charge in [0.05, 0.1) is 11.8 Å². The Balaban J connectivity index is 0.000000232. The van der Waals surface area contributed by atoms with E-state index in [9.17, 15) is 4.79 Å². The molecule has 0 amide bonds. The third-order valence-corrected chi connectivity index (χ3v) is 3.04. The van der Waals surface area contributed by atoms with E-state index < -0.39 is 0 Å². The first-order chi connectivity index (χ1) is 10.2. The Labute approximate surface area is 123 Å². The summed E-state index contributed by atoms with van der Waals surface area (Å²) in [4.78, 5) is 13.2. The molecule has 0 spiro atoms. The Morgan fingerprint density at radius 3 is 2.43 bits per heavy atom. The minimum Gasteiger partial charge on any atom is -0.435 e. The number of benzene rings is 2. The molecule has 0 aliphatic heterocycles. The minimum atomic E-state index is -0.329. The van der Waals surface area contributed by atoms with Crippen LogP contribution in [0.4, 0.5) is 0 Å². The molecule has 3 aromatic rings. The van der Waals surface area contributed by atoms with E-state index in [0.717, 1.165) is 11.8 Å². The molecule has 0 radical (unpaired) electrons. The molecule has 0 aliphatic rings. The number of fused-ring (bicyclic) bond motifs is 3. The van der Waals surface area contributed by atoms with Crippen LogP contribution < -0.4 is 0 Å². The van der Waals surface area contributed by atoms with Gasteiger partial charge in [0.15, 0.2) is 0 Å². The minimum absolute atomic E-state index is 0.329. The molecule has 21 heavy (non-hydrogen) atoms. The highest BCUT2D eigenvalue weighted by molar-refractivity contribution is 6.09. The smallest absolute Gasteiger partial charge is 0.307 e. The SMILES string of the molecule is C=COC(C)=O.C=Cc1cccc2c1[nH]c1ccccc12. The fraction of sp³-hybridized carbons (Fsp3) is 0.0556. The Morgan fingerprint density at radius 2 is 1.81 bits per heavy atom. The molecular formula is C18H17NO2. The van der Waals surface area contributed by atoms with Gasteiger partial charge in [-0.15, -0.1) is 0 Å². The first-order valence-corrected chi connectivity index (χ1v) is 6.57. The summed E-state index contributed by atoms with van der Waals surface area (Å²) < 4.78 is 4.17. The summed E-state index contributed by atoms with van der Waals surface area (Å²) in [7, 11) is 0. The number of esters is 1. The summed E-state index contributed by atoms with van der Waals surface area (Å²) in [5, 5.41) is 2.54. The topological polar surface area (TPSA) is 42.1 Å². The number of rotatable bonds is 2. The summed E-state index contributed by atoms with van der Waals surface area (Å²) >= 11 is 0. The van der Waals surface area contributed by atoms with Gasteiger partial charge in [-0.25, -0.2) is 0 Å². The van der Waals surface area contributed by atoms with Crippen LogP contribution in [0.2, 0.25) is 0 Å². The number of carbonyl (C=O) groups is 1. The molecule has 0 saturated carbocycles. The lowest BCUT2D eigenvalue weighted by Crippen LogP contribution is -1.87. The molecule has 0 fully saturated rings. The van der Waals surface area contributed by atoms with Crippen molar-refractivity contribution in [3.05, 3.63) is 67.4 Å². The van der Waals surface area contributed by atoms with Gasteiger partial charge in [-0.1, -0.05) is 55.6 Å². The number of hydrogen-bond acceptors (Lipinski definition) is 2. The van der Waals surface area contributed by atoms with Gasteiger partial charge in [-0.05, 0) is 11.6 Å². The molecule has 0 saturated heterocycles. The zero-order valence-electron chi connectivity index (χ0n) is 11.9. The molecule has 1 N–H and O–H groups in total. The standard InChI is InChI=1S/C14H11N.C4H6O2/c1-2-10-6-5-8-12-11-7-3-4-9-13(11)15-14(10)12;1-3-6-4(2)5/h2-9,15H,1H2;3H,1H2,2H3. The maximum Gasteiger partial charge on any atom is 0.307 e. The third-order valence-electron chi connectivity index (χ3n) is 3.04. The lowest BCUT2D eigenvalue weighted by atomic mass is 10.1. The van der Waals surface area contributed by atoms with Gasteiger partial charge < -0.3 is 9.72 Å². The molecule has 3 nitrogen and oxygen atoms in total. The number of ether oxygens (including phenoxy) is 1. The van der Waals surface area contributed by atoms with Crippen molar-refractivity contribution in [1.29, 1.82) is 0 Å². The van der Waals surface area contributed by atoms with Crippen molar-refractivity contribution in [2.45, 2.75) is 6.92 Å². The molecule has 2 aromatic carbocycles. The highest BCUT2D eigenvalue weighted by Crippen LogP contribution is 2.27. The van der Waals surface area contributed by atoms with E-state index >= 15 is 0 Å². The largest absolute Gasteiger partial charge is 0.435 e. The van der Waals surface area contributed by atoms with E-state index in [1.165, 1.54) is 28.7 Å². The number of aromatic nitrogens is 1. The second-order valence-electron chi connectivity index (χ2n) is 4.42. The van der Waals surface area contributed by atoms with Crippen molar-refractivity contribution < 1.29 is 9.53 Å². The third kappa shape index (κ3) is 3.20. The van der Waals surface area contributed by atoms with Crippen molar-refractivity contribution in [3.63, 3.8) is 0 Å². The van der Waals surface area contributed by atoms with Gasteiger partial charge >= 0.3 is 5.97 Å². The van der Waals surface area contributed by atoms with Crippen LogP contribution in [0.15, 0.2) is 61.9 Å². The number of hydrogen-bond donors (Lipinski definition) is 1. The Bertz CT molecular complexity index is 799. The summed E-state index contributed by atoms with van der Waals surface area (Å²) in [6, 6.07) is 14.6. The molecule has 0 aliphatic carbocycles. The van der Waals surface area contributed by atoms with E-state index in [0.29, 0.717) is 0 Å². The average molecular weight is 279 g/mol. The van der Waals surface area contributed by atoms with Crippen molar-refractivity contribution in [2.24, 2.45) is 0 Å². The first-order valence-electron chi connectivity index (χ1n) is 6.57. The van der Waals surface area contributed by atoms with Gasteiger partial charge in [-0.2, -0.15) is 0 Å². The quantitative estimate of drug-likeness (QED) is 0.547. The van der Waals surface area contributed by atoms with Crippen LogP contribution in [0.25, 0.3) is 27.9 Å². The Hall–Kier alpha value is -2.81. The van der Waals surface area contributed by atoms with Gasteiger partial charge in [-0.3, -0.25) is 4.79 Å². The lowest BCUT2D eigenvalue weighted by Gasteiger charge is -1.94. The summed E-state index contributed by atoms with van der Waals surface area (Å²) in [5.41, 5.74) is 3.51. The van der Waals surface area contributed by atoms with E-state index in [-0.39, 0.29) is 5.97 Å². The van der Waals surface area contributed by atoms with Crippen LogP contribution in [0.5, 0.6) is 0 Å². The molecule has 0 atom stereocenters. The van der Waals surface area contributed by atoms with E-state index in [1.807, 2.05) is 12.1 Å². The normalized spacial score (nSPS) is 9.76. The predicted octanol–water partition coefficient (Wildman–Crippen LogP) is 4.66. The van der Waals surface area contributed by atoms with Crippen LogP contribution in [0.3, 0.4) is 0 Å². The van der Waals surface area contributed by atoms with E-state index in [1.54, 1.807) is 0 Å². The van der Waals surface area contributed by atoms with Crippen molar-refractivity contribution in [3.8, 4) is 0 Å². The molecule has 3 heteroatoms.